The van der Waals surface area contributed by atoms with Crippen LogP contribution in [0.25, 0.3) is 22.4 Å². The molecule has 1 aromatic heterocycles. The van der Waals surface area contributed by atoms with Crippen LogP contribution in [0.3, 0.4) is 0 Å². The molecule has 2 heterocycles. The van der Waals surface area contributed by atoms with Gasteiger partial charge in [0.25, 0.3) is 0 Å². The first-order valence-electron chi connectivity index (χ1n) is 6.32. The average molecular weight is 281 g/mol. The van der Waals surface area contributed by atoms with E-state index < -0.39 is 0 Å². The molecule has 0 unspecified atom stereocenters. The lowest BCUT2D eigenvalue weighted by molar-refractivity contribution is 0.174. The quantitative estimate of drug-likeness (QED) is 0.705. The van der Waals surface area contributed by atoms with Gasteiger partial charge >= 0.3 is 0 Å². The summed E-state index contributed by atoms with van der Waals surface area (Å²) in [4.78, 5) is 4.58. The highest BCUT2D eigenvalue weighted by molar-refractivity contribution is 7.19. The molecule has 98 valence electrons. The van der Waals surface area contributed by atoms with Gasteiger partial charge in [0.2, 0.25) is 6.79 Å². The van der Waals surface area contributed by atoms with E-state index in [9.17, 15) is 0 Å². The first-order valence-corrected chi connectivity index (χ1v) is 7.13. The van der Waals surface area contributed by atoms with Crippen molar-refractivity contribution in [2.75, 3.05) is 6.79 Å². The molecule has 0 saturated carbocycles. The highest BCUT2D eigenvalue weighted by atomic mass is 32.1. The van der Waals surface area contributed by atoms with Gasteiger partial charge in [-0.3, -0.25) is 0 Å². The maximum absolute atomic E-state index is 5.37. The number of hydrogen-bond acceptors (Lipinski definition) is 4. The average Bonchev–Trinajstić information content (AvgIpc) is 3.10. The van der Waals surface area contributed by atoms with Crippen LogP contribution >= 0.6 is 11.3 Å². The van der Waals surface area contributed by atoms with Gasteiger partial charge in [-0.1, -0.05) is 24.3 Å². The largest absolute Gasteiger partial charge is 0.454 e. The lowest BCUT2D eigenvalue weighted by Gasteiger charge is -1.96. The summed E-state index contributed by atoms with van der Waals surface area (Å²) in [6.07, 6.45) is 4.07. The van der Waals surface area contributed by atoms with Crippen LogP contribution in [0.1, 0.15) is 10.6 Å². The maximum atomic E-state index is 5.37. The Labute approximate surface area is 120 Å². The van der Waals surface area contributed by atoms with Crippen molar-refractivity contribution in [1.82, 2.24) is 4.98 Å². The molecule has 0 fully saturated rings. The second-order valence-electron chi connectivity index (χ2n) is 4.47. The molecule has 20 heavy (non-hydrogen) atoms. The molecular weight excluding hydrogens is 270 g/mol. The Hall–Kier alpha value is -2.33. The van der Waals surface area contributed by atoms with Gasteiger partial charge in [0.15, 0.2) is 11.5 Å². The fraction of sp³-hybridized carbons (Fsp3) is 0.0625. The van der Waals surface area contributed by atoms with E-state index in [0.717, 1.165) is 27.6 Å². The summed E-state index contributed by atoms with van der Waals surface area (Å²) in [7, 11) is 0. The SMILES string of the molecule is C(=C\c1nc2ccccc2s1)/c1ccc2c(c1)OCO2. The smallest absolute Gasteiger partial charge is 0.231 e. The van der Waals surface area contributed by atoms with E-state index >= 15 is 0 Å². The summed E-state index contributed by atoms with van der Waals surface area (Å²) in [5.74, 6) is 1.61. The lowest BCUT2D eigenvalue weighted by Crippen LogP contribution is -1.92. The van der Waals surface area contributed by atoms with Gasteiger partial charge < -0.3 is 9.47 Å². The van der Waals surface area contributed by atoms with Crippen molar-refractivity contribution < 1.29 is 9.47 Å². The van der Waals surface area contributed by atoms with Crippen LogP contribution in [0.4, 0.5) is 0 Å². The molecular formula is C16H11NO2S. The lowest BCUT2D eigenvalue weighted by atomic mass is 10.2. The zero-order chi connectivity index (χ0) is 13.4. The number of para-hydroxylation sites is 1. The van der Waals surface area contributed by atoms with Crippen LogP contribution in [0.2, 0.25) is 0 Å². The molecule has 4 heteroatoms. The minimum atomic E-state index is 0.306. The number of ether oxygens (including phenoxy) is 2. The van der Waals surface area contributed by atoms with Crippen molar-refractivity contribution in [3.05, 3.63) is 53.0 Å². The number of benzene rings is 2. The molecule has 1 aliphatic rings. The molecule has 0 saturated heterocycles. The summed E-state index contributed by atoms with van der Waals surface area (Å²) in [5, 5.41) is 1.00. The molecule has 0 aliphatic carbocycles. The number of rotatable bonds is 2. The minimum absolute atomic E-state index is 0.306. The Bertz CT molecular complexity index is 774. The Balaban J connectivity index is 1.64. The highest BCUT2D eigenvalue weighted by Crippen LogP contribution is 2.33. The molecule has 0 amide bonds. The highest BCUT2D eigenvalue weighted by Gasteiger charge is 2.12. The second-order valence-corrected chi connectivity index (χ2v) is 5.53. The number of thiazole rings is 1. The molecule has 1 aliphatic heterocycles. The van der Waals surface area contributed by atoms with Gasteiger partial charge in [-0.15, -0.1) is 11.3 Å². The summed E-state index contributed by atoms with van der Waals surface area (Å²) >= 11 is 1.69. The molecule has 0 radical (unpaired) electrons. The van der Waals surface area contributed by atoms with Crippen LogP contribution in [-0.4, -0.2) is 11.8 Å². The standard InChI is InChI=1S/C16H11NO2S/c1-2-4-15-12(3-1)17-16(20-15)8-6-11-5-7-13-14(9-11)19-10-18-13/h1-9H,10H2/b8-6+. The van der Waals surface area contributed by atoms with Crippen molar-refractivity contribution in [2.24, 2.45) is 0 Å². The molecule has 2 aromatic carbocycles. The second kappa shape index (κ2) is 4.65. The molecule has 0 N–H and O–H groups in total. The van der Waals surface area contributed by atoms with Gasteiger partial charge in [-0.05, 0) is 35.9 Å². The molecule has 0 spiro atoms. The summed E-state index contributed by atoms with van der Waals surface area (Å²) < 4.78 is 11.9. The zero-order valence-corrected chi connectivity index (χ0v) is 11.4. The Morgan fingerprint density at radius 3 is 2.85 bits per heavy atom. The van der Waals surface area contributed by atoms with Crippen LogP contribution in [-0.2, 0) is 0 Å². The zero-order valence-electron chi connectivity index (χ0n) is 10.6. The van der Waals surface area contributed by atoms with Crippen molar-refractivity contribution >= 4 is 33.7 Å². The third-order valence-electron chi connectivity index (χ3n) is 3.13. The van der Waals surface area contributed by atoms with E-state index in [2.05, 4.69) is 11.1 Å². The van der Waals surface area contributed by atoms with Gasteiger partial charge in [0.05, 0.1) is 10.2 Å². The molecule has 4 rings (SSSR count). The van der Waals surface area contributed by atoms with E-state index in [-0.39, 0.29) is 0 Å². The van der Waals surface area contributed by atoms with E-state index in [1.165, 1.54) is 4.70 Å². The number of fused-ring (bicyclic) bond motifs is 2. The fourth-order valence-electron chi connectivity index (χ4n) is 2.15. The monoisotopic (exact) mass is 281 g/mol. The fourth-order valence-corrected chi connectivity index (χ4v) is 3.02. The maximum Gasteiger partial charge on any atom is 0.231 e. The van der Waals surface area contributed by atoms with Crippen molar-refractivity contribution in [1.29, 1.82) is 0 Å². The van der Waals surface area contributed by atoms with Crippen molar-refractivity contribution in [2.45, 2.75) is 0 Å². The Morgan fingerprint density at radius 1 is 1.00 bits per heavy atom. The number of nitrogens with zero attached hydrogens (tertiary/aromatic N) is 1. The molecule has 3 nitrogen and oxygen atoms in total. The predicted octanol–water partition coefficient (Wildman–Crippen LogP) is 4.20. The van der Waals surface area contributed by atoms with E-state index in [0.29, 0.717) is 6.79 Å². The van der Waals surface area contributed by atoms with E-state index in [1.54, 1.807) is 11.3 Å². The van der Waals surface area contributed by atoms with Crippen LogP contribution < -0.4 is 9.47 Å². The molecule has 0 atom stereocenters. The first kappa shape index (κ1) is 11.5. The van der Waals surface area contributed by atoms with Crippen molar-refractivity contribution in [3.8, 4) is 11.5 Å². The molecule has 0 bridgehead atoms. The minimum Gasteiger partial charge on any atom is -0.454 e. The molecule has 3 aromatic rings. The summed E-state index contributed by atoms with van der Waals surface area (Å²) in [6, 6.07) is 14.1. The number of aromatic nitrogens is 1. The van der Waals surface area contributed by atoms with Crippen LogP contribution in [0.5, 0.6) is 11.5 Å². The third kappa shape index (κ3) is 2.04. The van der Waals surface area contributed by atoms with E-state index in [1.807, 2.05) is 48.6 Å². The normalized spacial score (nSPS) is 13.4. The van der Waals surface area contributed by atoms with Crippen molar-refractivity contribution in [3.63, 3.8) is 0 Å². The van der Waals surface area contributed by atoms with E-state index in [4.69, 9.17) is 9.47 Å². The van der Waals surface area contributed by atoms with Crippen LogP contribution in [0.15, 0.2) is 42.5 Å². The number of hydrogen-bond donors (Lipinski definition) is 0. The van der Waals surface area contributed by atoms with Gasteiger partial charge in [-0.25, -0.2) is 4.98 Å². The van der Waals surface area contributed by atoms with Gasteiger partial charge in [0, 0.05) is 0 Å². The van der Waals surface area contributed by atoms with Crippen LogP contribution in [0, 0.1) is 0 Å². The predicted molar refractivity (Wildman–Crippen MR) is 81.1 cm³/mol. The first-order chi connectivity index (χ1) is 9.88. The Kier molecular flexibility index (Phi) is 2.67. The Morgan fingerprint density at radius 2 is 1.90 bits per heavy atom. The summed E-state index contributed by atoms with van der Waals surface area (Å²) in [5.41, 5.74) is 2.12. The third-order valence-corrected chi connectivity index (χ3v) is 4.13. The van der Waals surface area contributed by atoms with Gasteiger partial charge in [0.1, 0.15) is 5.01 Å². The summed E-state index contributed by atoms with van der Waals surface area (Å²) in [6.45, 7) is 0.306. The topological polar surface area (TPSA) is 31.4 Å². The van der Waals surface area contributed by atoms with Gasteiger partial charge in [-0.2, -0.15) is 0 Å².